The molecule has 0 unspecified atom stereocenters. The van der Waals surface area contributed by atoms with Crippen LogP contribution in [0.2, 0.25) is 5.02 Å². The zero-order valence-electron chi connectivity index (χ0n) is 10.1. The van der Waals surface area contributed by atoms with Crippen LogP contribution < -0.4 is 4.74 Å². The fourth-order valence-corrected chi connectivity index (χ4v) is 2.22. The smallest absolute Gasteiger partial charge is 0.342 e. The van der Waals surface area contributed by atoms with Gasteiger partial charge in [0.05, 0.1) is 14.4 Å². The van der Waals surface area contributed by atoms with Gasteiger partial charge in [0, 0.05) is 18.3 Å². The van der Waals surface area contributed by atoms with Crippen LogP contribution in [0, 0.1) is 10.1 Å². The molecule has 21 heavy (non-hydrogen) atoms. The Morgan fingerprint density at radius 2 is 2.14 bits per heavy atom. The van der Waals surface area contributed by atoms with E-state index in [9.17, 15) is 14.9 Å². The summed E-state index contributed by atoms with van der Waals surface area (Å²) in [6, 6.07) is 4.95. The van der Waals surface area contributed by atoms with Crippen molar-refractivity contribution < 1.29 is 19.6 Å². The number of hydrogen-bond acceptors (Lipinski definition) is 5. The van der Waals surface area contributed by atoms with E-state index in [4.69, 9.17) is 21.4 Å². The highest BCUT2D eigenvalue weighted by atomic mass is 79.9. The van der Waals surface area contributed by atoms with Gasteiger partial charge in [0.15, 0.2) is 0 Å². The third-order valence-corrected chi connectivity index (χ3v) is 3.16. The van der Waals surface area contributed by atoms with E-state index in [0.29, 0.717) is 9.50 Å². The molecule has 108 valence electrons. The standard InChI is InChI=1S/C12H6BrClN2O5/c13-9-3-6(14)5-15-11(9)21-7-1-2-10(16(19)20)8(4-7)12(17)18/h1-5H,(H,17,18). The molecule has 1 N–H and O–H groups in total. The first-order chi connectivity index (χ1) is 9.88. The van der Waals surface area contributed by atoms with Gasteiger partial charge in [-0.25, -0.2) is 9.78 Å². The SMILES string of the molecule is O=C(O)c1cc(Oc2ncc(Cl)cc2Br)ccc1[N+](=O)[O-]. The number of hydrogen-bond donors (Lipinski definition) is 1. The highest BCUT2D eigenvalue weighted by Crippen LogP contribution is 2.31. The van der Waals surface area contributed by atoms with Gasteiger partial charge in [0.2, 0.25) is 5.88 Å². The first-order valence-corrected chi connectivity index (χ1v) is 6.56. The van der Waals surface area contributed by atoms with E-state index in [1.165, 1.54) is 12.3 Å². The van der Waals surface area contributed by atoms with Crippen molar-refractivity contribution in [3.05, 3.63) is 55.6 Å². The van der Waals surface area contributed by atoms with Crippen LogP contribution in [0.15, 0.2) is 34.9 Å². The van der Waals surface area contributed by atoms with Crippen LogP contribution in [0.25, 0.3) is 0 Å². The lowest BCUT2D eigenvalue weighted by Crippen LogP contribution is -2.03. The largest absolute Gasteiger partial charge is 0.477 e. The molecular formula is C12H6BrClN2O5. The van der Waals surface area contributed by atoms with Gasteiger partial charge in [-0.15, -0.1) is 0 Å². The number of carboxylic acids is 1. The first-order valence-electron chi connectivity index (χ1n) is 5.39. The topological polar surface area (TPSA) is 103 Å². The molecule has 0 amide bonds. The third kappa shape index (κ3) is 3.47. The molecule has 0 aliphatic heterocycles. The Hall–Kier alpha value is -2.19. The van der Waals surface area contributed by atoms with Crippen molar-refractivity contribution >= 4 is 39.2 Å². The maximum Gasteiger partial charge on any atom is 0.342 e. The van der Waals surface area contributed by atoms with Gasteiger partial charge in [-0.2, -0.15) is 0 Å². The molecule has 7 nitrogen and oxygen atoms in total. The number of pyridine rings is 1. The predicted octanol–water partition coefficient (Wildman–Crippen LogP) is 3.90. The van der Waals surface area contributed by atoms with E-state index in [2.05, 4.69) is 20.9 Å². The number of benzene rings is 1. The Kier molecular flexibility index (Phi) is 4.39. The normalized spacial score (nSPS) is 10.2. The number of nitro groups is 1. The average molecular weight is 374 g/mol. The zero-order chi connectivity index (χ0) is 15.6. The zero-order valence-corrected chi connectivity index (χ0v) is 12.5. The van der Waals surface area contributed by atoms with Crippen LogP contribution in [0.3, 0.4) is 0 Å². The molecule has 2 rings (SSSR count). The quantitative estimate of drug-likeness (QED) is 0.644. The average Bonchev–Trinajstić information content (AvgIpc) is 2.41. The Balaban J connectivity index is 2.39. The van der Waals surface area contributed by atoms with Gasteiger partial charge < -0.3 is 9.84 Å². The molecular weight excluding hydrogens is 367 g/mol. The van der Waals surface area contributed by atoms with Crippen molar-refractivity contribution in [2.75, 3.05) is 0 Å². The minimum atomic E-state index is -1.42. The molecule has 0 saturated heterocycles. The summed E-state index contributed by atoms with van der Waals surface area (Å²) < 4.78 is 5.85. The summed E-state index contributed by atoms with van der Waals surface area (Å²) in [5.41, 5.74) is -0.986. The lowest BCUT2D eigenvalue weighted by molar-refractivity contribution is -0.385. The maximum atomic E-state index is 11.0. The molecule has 0 spiro atoms. The van der Waals surface area contributed by atoms with Crippen LogP contribution >= 0.6 is 27.5 Å². The Labute approximate surface area is 131 Å². The summed E-state index contributed by atoms with van der Waals surface area (Å²) in [4.78, 5) is 24.9. The number of halogens is 2. The van der Waals surface area contributed by atoms with E-state index in [1.807, 2.05) is 0 Å². The number of aromatic nitrogens is 1. The van der Waals surface area contributed by atoms with Crippen LogP contribution in [-0.2, 0) is 0 Å². The molecule has 0 saturated carbocycles. The molecule has 1 aromatic carbocycles. The fourth-order valence-electron chi connectivity index (χ4n) is 1.50. The van der Waals surface area contributed by atoms with Crippen LogP contribution in [0.4, 0.5) is 5.69 Å². The molecule has 0 atom stereocenters. The van der Waals surface area contributed by atoms with Gasteiger partial charge in [0.1, 0.15) is 11.3 Å². The maximum absolute atomic E-state index is 11.0. The second kappa shape index (κ2) is 6.06. The van der Waals surface area contributed by atoms with Crippen molar-refractivity contribution in [3.63, 3.8) is 0 Å². The summed E-state index contributed by atoms with van der Waals surface area (Å²) in [7, 11) is 0. The number of nitrogens with zero attached hydrogens (tertiary/aromatic N) is 2. The number of carboxylic acid groups (broad SMARTS) is 1. The molecule has 1 heterocycles. The summed E-state index contributed by atoms with van der Waals surface area (Å²) >= 11 is 8.93. The number of rotatable bonds is 4. The number of aromatic carboxylic acids is 1. The summed E-state index contributed by atoms with van der Waals surface area (Å²) in [5, 5.41) is 20.1. The van der Waals surface area contributed by atoms with E-state index in [0.717, 1.165) is 12.1 Å². The van der Waals surface area contributed by atoms with E-state index in [1.54, 1.807) is 6.07 Å². The third-order valence-electron chi connectivity index (χ3n) is 2.38. The predicted molar refractivity (Wildman–Crippen MR) is 77.1 cm³/mol. The minimum absolute atomic E-state index is 0.105. The summed E-state index contributed by atoms with van der Waals surface area (Å²) in [6.45, 7) is 0. The van der Waals surface area contributed by atoms with Crippen LogP contribution in [-0.4, -0.2) is 21.0 Å². The van der Waals surface area contributed by atoms with Crippen molar-refractivity contribution in [1.82, 2.24) is 4.98 Å². The lowest BCUT2D eigenvalue weighted by atomic mass is 10.1. The van der Waals surface area contributed by atoms with Gasteiger partial charge in [0.25, 0.3) is 5.69 Å². The second-order valence-electron chi connectivity index (χ2n) is 3.78. The summed E-state index contributed by atoms with van der Waals surface area (Å²) in [5.74, 6) is -1.16. The van der Waals surface area contributed by atoms with Crippen molar-refractivity contribution in [2.24, 2.45) is 0 Å². The Bertz CT molecular complexity index is 738. The van der Waals surface area contributed by atoms with Crippen molar-refractivity contribution in [3.8, 4) is 11.6 Å². The van der Waals surface area contributed by atoms with Crippen LogP contribution in [0.1, 0.15) is 10.4 Å². The monoisotopic (exact) mass is 372 g/mol. The van der Waals surface area contributed by atoms with E-state index < -0.39 is 22.1 Å². The fraction of sp³-hybridized carbons (Fsp3) is 0. The van der Waals surface area contributed by atoms with E-state index >= 15 is 0 Å². The molecule has 0 radical (unpaired) electrons. The number of carbonyl (C=O) groups is 1. The molecule has 9 heteroatoms. The van der Waals surface area contributed by atoms with Gasteiger partial charge >= 0.3 is 5.97 Å². The van der Waals surface area contributed by atoms with Crippen molar-refractivity contribution in [2.45, 2.75) is 0 Å². The number of ether oxygens (including phenoxy) is 1. The van der Waals surface area contributed by atoms with Gasteiger partial charge in [-0.05, 0) is 28.1 Å². The second-order valence-corrected chi connectivity index (χ2v) is 5.07. The molecule has 2 aromatic rings. The minimum Gasteiger partial charge on any atom is -0.477 e. The van der Waals surface area contributed by atoms with Gasteiger partial charge in [-0.3, -0.25) is 10.1 Å². The van der Waals surface area contributed by atoms with Gasteiger partial charge in [-0.1, -0.05) is 11.6 Å². The molecule has 0 aliphatic carbocycles. The molecule has 0 bridgehead atoms. The number of nitro benzene ring substituents is 1. The highest BCUT2D eigenvalue weighted by molar-refractivity contribution is 9.10. The Morgan fingerprint density at radius 1 is 1.43 bits per heavy atom. The Morgan fingerprint density at radius 3 is 2.71 bits per heavy atom. The molecule has 1 aromatic heterocycles. The van der Waals surface area contributed by atoms with Crippen molar-refractivity contribution in [1.29, 1.82) is 0 Å². The first kappa shape index (κ1) is 15.2. The summed E-state index contributed by atoms with van der Waals surface area (Å²) in [6.07, 6.45) is 1.35. The van der Waals surface area contributed by atoms with E-state index in [-0.39, 0.29) is 11.6 Å². The highest BCUT2D eigenvalue weighted by Gasteiger charge is 2.21. The lowest BCUT2D eigenvalue weighted by Gasteiger charge is -2.07. The molecule has 0 aliphatic rings. The van der Waals surface area contributed by atoms with Crippen LogP contribution in [0.5, 0.6) is 11.6 Å². The molecule has 0 fully saturated rings.